The maximum absolute atomic E-state index is 14.2. The number of benzene rings is 2. The van der Waals surface area contributed by atoms with Gasteiger partial charge < -0.3 is 26.4 Å². The number of rotatable bonds is 10. The molecule has 5 N–H and O–H groups in total. The fourth-order valence-electron chi connectivity index (χ4n) is 4.51. The summed E-state index contributed by atoms with van der Waals surface area (Å²) >= 11 is 5.80. The Labute approximate surface area is 221 Å². The summed E-state index contributed by atoms with van der Waals surface area (Å²) in [5.74, 6) is -2.34. The third-order valence-corrected chi connectivity index (χ3v) is 6.70. The van der Waals surface area contributed by atoms with E-state index < -0.39 is 29.6 Å². The van der Waals surface area contributed by atoms with E-state index in [2.05, 4.69) is 15.7 Å². The van der Waals surface area contributed by atoms with Crippen molar-refractivity contribution in [2.75, 3.05) is 13.1 Å². The number of para-hydroxylation sites is 1. The molecule has 1 aliphatic carbocycles. The third kappa shape index (κ3) is 6.20. The van der Waals surface area contributed by atoms with Gasteiger partial charge in [0.2, 0.25) is 11.8 Å². The lowest BCUT2D eigenvalue weighted by Crippen LogP contribution is -2.50. The fourth-order valence-corrected chi connectivity index (χ4v) is 4.70. The van der Waals surface area contributed by atoms with Crippen LogP contribution in [0.15, 0.2) is 42.5 Å². The van der Waals surface area contributed by atoms with Gasteiger partial charge in [-0.25, -0.2) is 9.18 Å². The van der Waals surface area contributed by atoms with Crippen LogP contribution in [0.4, 0.5) is 9.18 Å². The predicted octanol–water partition coefficient (Wildman–Crippen LogP) is 2.12. The van der Waals surface area contributed by atoms with Crippen molar-refractivity contribution in [3.8, 4) is 0 Å². The van der Waals surface area contributed by atoms with Gasteiger partial charge in [0.15, 0.2) is 5.69 Å². The van der Waals surface area contributed by atoms with Crippen molar-refractivity contribution in [2.24, 2.45) is 11.7 Å². The van der Waals surface area contributed by atoms with Crippen molar-refractivity contribution in [1.82, 2.24) is 25.3 Å². The molecule has 1 aromatic heterocycles. The molecule has 1 saturated carbocycles. The number of carboxylic acid groups (broad SMARTS) is 1. The summed E-state index contributed by atoms with van der Waals surface area (Å²) in [4.78, 5) is 50.2. The number of amides is 4. The number of aromatic nitrogens is 2. The number of nitrogens with one attached hydrogen (secondary N) is 2. The highest BCUT2D eigenvalue weighted by Gasteiger charge is 2.33. The number of hydrogen-bond acceptors (Lipinski definition) is 5. The first-order valence-corrected chi connectivity index (χ1v) is 12.2. The Hall–Kier alpha value is -4.19. The van der Waals surface area contributed by atoms with Crippen LogP contribution in [0, 0.1) is 11.7 Å². The minimum absolute atomic E-state index is 0.0236. The highest BCUT2D eigenvalue weighted by atomic mass is 35.5. The molecule has 0 bridgehead atoms. The Morgan fingerprint density at radius 3 is 2.61 bits per heavy atom. The highest BCUT2D eigenvalue weighted by Crippen LogP contribution is 2.28. The van der Waals surface area contributed by atoms with Crippen molar-refractivity contribution >= 4 is 46.3 Å². The summed E-state index contributed by atoms with van der Waals surface area (Å²) in [5.41, 5.74) is 6.21. The fraction of sp³-hybridized carbons (Fsp3) is 0.320. The van der Waals surface area contributed by atoms with Crippen LogP contribution in [0.3, 0.4) is 0 Å². The second kappa shape index (κ2) is 11.5. The molecule has 13 heteroatoms. The topological polar surface area (TPSA) is 160 Å². The molecule has 38 heavy (non-hydrogen) atoms. The second-order valence-electron chi connectivity index (χ2n) is 9.14. The van der Waals surface area contributed by atoms with Gasteiger partial charge in [0.1, 0.15) is 12.4 Å². The minimum atomic E-state index is -1.12. The van der Waals surface area contributed by atoms with Crippen LogP contribution < -0.4 is 16.4 Å². The van der Waals surface area contributed by atoms with E-state index in [1.54, 1.807) is 30.3 Å². The van der Waals surface area contributed by atoms with Gasteiger partial charge in [-0.1, -0.05) is 41.9 Å². The van der Waals surface area contributed by atoms with Crippen LogP contribution in [0.25, 0.3) is 10.9 Å². The molecule has 2 aromatic carbocycles. The number of nitrogens with zero attached hydrogens (tertiary/aromatic N) is 3. The normalized spacial score (nSPS) is 16.5. The summed E-state index contributed by atoms with van der Waals surface area (Å²) in [6.07, 6.45) is -0.0889. The van der Waals surface area contributed by atoms with Crippen molar-refractivity contribution in [1.29, 1.82) is 0 Å². The molecule has 4 amide bonds. The summed E-state index contributed by atoms with van der Waals surface area (Å²) in [5, 5.41) is 18.6. The zero-order valence-electron chi connectivity index (χ0n) is 20.2. The van der Waals surface area contributed by atoms with Crippen LogP contribution in [0.1, 0.15) is 28.9 Å². The van der Waals surface area contributed by atoms with E-state index in [1.165, 1.54) is 21.7 Å². The lowest BCUT2D eigenvalue weighted by atomic mass is 9.80. The molecule has 1 fully saturated rings. The summed E-state index contributed by atoms with van der Waals surface area (Å²) in [7, 11) is 0. The van der Waals surface area contributed by atoms with Crippen molar-refractivity contribution < 1.29 is 28.7 Å². The maximum Gasteiger partial charge on any atom is 0.404 e. The van der Waals surface area contributed by atoms with Gasteiger partial charge in [-0.2, -0.15) is 5.10 Å². The summed E-state index contributed by atoms with van der Waals surface area (Å²) < 4.78 is 15.5. The van der Waals surface area contributed by atoms with Gasteiger partial charge in [-0.3, -0.25) is 19.1 Å². The van der Waals surface area contributed by atoms with Crippen molar-refractivity contribution in [3.05, 3.63) is 64.6 Å². The number of fused-ring (bicyclic) bond motifs is 1. The van der Waals surface area contributed by atoms with E-state index >= 15 is 0 Å². The molecule has 0 spiro atoms. The molecule has 0 aliphatic heterocycles. The van der Waals surface area contributed by atoms with E-state index in [9.17, 15) is 23.6 Å². The van der Waals surface area contributed by atoms with Crippen LogP contribution in [0.2, 0.25) is 5.02 Å². The van der Waals surface area contributed by atoms with Gasteiger partial charge in [0, 0.05) is 30.1 Å². The molecule has 4 rings (SSSR count). The largest absolute Gasteiger partial charge is 0.465 e. The molecule has 0 atom stereocenters. The number of carbonyl (C=O) groups is 4. The molecular formula is C25H26ClFN6O5. The van der Waals surface area contributed by atoms with E-state index in [4.69, 9.17) is 22.4 Å². The third-order valence-electron chi connectivity index (χ3n) is 6.41. The lowest BCUT2D eigenvalue weighted by Gasteiger charge is -2.38. The molecule has 200 valence electrons. The molecule has 0 unspecified atom stereocenters. The molecule has 0 saturated heterocycles. The molecule has 1 aliphatic rings. The molecule has 3 aromatic rings. The average molecular weight is 545 g/mol. The number of nitrogens with two attached hydrogens (primary N) is 1. The first kappa shape index (κ1) is 26.9. The zero-order valence-corrected chi connectivity index (χ0v) is 20.9. The van der Waals surface area contributed by atoms with E-state index in [0.717, 1.165) is 0 Å². The van der Waals surface area contributed by atoms with E-state index in [1.807, 2.05) is 0 Å². The molecular weight excluding hydrogens is 519 g/mol. The monoisotopic (exact) mass is 544 g/mol. The minimum Gasteiger partial charge on any atom is -0.465 e. The quantitative estimate of drug-likeness (QED) is 0.306. The van der Waals surface area contributed by atoms with Crippen LogP contribution in [-0.2, 0) is 22.7 Å². The van der Waals surface area contributed by atoms with Gasteiger partial charge in [-0.05, 0) is 30.9 Å². The number of primary amides is 1. The standard InChI is InChI=1S/C25H26ClFN6O5/c26-18-6-3-4-15(22(18)27)10-29-20(34)12-32(11-14-8-16(9-14)30-25(37)38)21(35)13-33-19-7-2-1-5-17(19)23(31-33)24(28)36/h1-7,14,16,30H,8-13H2,(H2,28,36)(H,29,34)(H,37,38). The second-order valence-corrected chi connectivity index (χ2v) is 9.54. The van der Waals surface area contributed by atoms with E-state index in [0.29, 0.717) is 23.7 Å². The highest BCUT2D eigenvalue weighted by molar-refractivity contribution is 6.30. The number of halogens is 2. The smallest absolute Gasteiger partial charge is 0.404 e. The number of hydrogen-bond donors (Lipinski definition) is 4. The zero-order chi connectivity index (χ0) is 27.4. The van der Waals surface area contributed by atoms with E-state index in [-0.39, 0.29) is 54.4 Å². The number of carbonyl (C=O) groups excluding carboxylic acids is 3. The summed E-state index contributed by atoms with van der Waals surface area (Å²) in [6, 6.07) is 11.1. The van der Waals surface area contributed by atoms with Crippen molar-refractivity contribution in [2.45, 2.75) is 32.0 Å². The Morgan fingerprint density at radius 2 is 1.89 bits per heavy atom. The lowest BCUT2D eigenvalue weighted by molar-refractivity contribution is -0.137. The molecule has 0 radical (unpaired) electrons. The van der Waals surface area contributed by atoms with Gasteiger partial charge in [0.05, 0.1) is 17.1 Å². The van der Waals surface area contributed by atoms with Crippen LogP contribution in [-0.4, -0.2) is 62.7 Å². The first-order chi connectivity index (χ1) is 18.1. The van der Waals surface area contributed by atoms with Gasteiger partial charge in [-0.15, -0.1) is 0 Å². The average Bonchev–Trinajstić information content (AvgIpc) is 3.21. The SMILES string of the molecule is NC(=O)c1nn(CC(=O)N(CC(=O)NCc2cccc(Cl)c2F)CC2CC(NC(=O)O)C2)c2ccccc12. The Bertz CT molecular complexity index is 1390. The maximum atomic E-state index is 14.2. The molecule has 11 nitrogen and oxygen atoms in total. The Balaban J connectivity index is 1.47. The summed E-state index contributed by atoms with van der Waals surface area (Å²) in [6.45, 7) is -0.478. The van der Waals surface area contributed by atoms with Crippen LogP contribution in [0.5, 0.6) is 0 Å². The van der Waals surface area contributed by atoms with Gasteiger partial charge in [0.25, 0.3) is 5.91 Å². The first-order valence-electron chi connectivity index (χ1n) is 11.8. The Kier molecular flexibility index (Phi) is 8.10. The van der Waals surface area contributed by atoms with Gasteiger partial charge >= 0.3 is 6.09 Å². The van der Waals surface area contributed by atoms with Crippen LogP contribution >= 0.6 is 11.6 Å². The predicted molar refractivity (Wildman–Crippen MR) is 136 cm³/mol. The van der Waals surface area contributed by atoms with Crippen molar-refractivity contribution in [3.63, 3.8) is 0 Å². The Morgan fingerprint density at radius 1 is 1.16 bits per heavy atom. The molecule has 1 heterocycles.